The van der Waals surface area contributed by atoms with Gasteiger partial charge in [0, 0.05) is 0 Å². The second-order valence-corrected chi connectivity index (χ2v) is 5.53. The van der Waals surface area contributed by atoms with Gasteiger partial charge in [0.2, 0.25) is 0 Å². The van der Waals surface area contributed by atoms with E-state index >= 15 is 0 Å². The molecule has 0 heterocycles. The standard InChI is InChI=1S/C16H35N/c1-4-6-7-8-9-10-11-12-14-17-15-13-16(3)5-2/h16-17H,4-15H2,1-3H3. The van der Waals surface area contributed by atoms with Crippen LogP contribution in [0.25, 0.3) is 0 Å². The van der Waals surface area contributed by atoms with Gasteiger partial charge in [-0.05, 0) is 31.8 Å². The molecule has 0 aromatic carbocycles. The zero-order valence-electron chi connectivity index (χ0n) is 12.6. The Balaban J connectivity index is 2.94. The molecule has 17 heavy (non-hydrogen) atoms. The summed E-state index contributed by atoms with van der Waals surface area (Å²) in [6, 6.07) is 0. The average molecular weight is 241 g/mol. The molecule has 0 fully saturated rings. The van der Waals surface area contributed by atoms with Crippen LogP contribution in [0.3, 0.4) is 0 Å². The molecule has 0 aromatic rings. The van der Waals surface area contributed by atoms with Crippen molar-refractivity contribution in [2.75, 3.05) is 13.1 Å². The van der Waals surface area contributed by atoms with Crippen LogP contribution in [-0.4, -0.2) is 13.1 Å². The van der Waals surface area contributed by atoms with E-state index < -0.39 is 0 Å². The fourth-order valence-corrected chi connectivity index (χ4v) is 2.06. The van der Waals surface area contributed by atoms with Crippen LogP contribution in [0.5, 0.6) is 0 Å². The van der Waals surface area contributed by atoms with Crippen molar-refractivity contribution in [2.45, 2.75) is 85.0 Å². The molecule has 1 atom stereocenters. The molecule has 0 rings (SSSR count). The van der Waals surface area contributed by atoms with Crippen molar-refractivity contribution in [3.8, 4) is 0 Å². The Kier molecular flexibility index (Phi) is 14.0. The van der Waals surface area contributed by atoms with Gasteiger partial charge in [-0.15, -0.1) is 0 Å². The van der Waals surface area contributed by atoms with E-state index in [0.29, 0.717) is 0 Å². The molecule has 0 aliphatic carbocycles. The summed E-state index contributed by atoms with van der Waals surface area (Å²) in [5, 5.41) is 3.56. The van der Waals surface area contributed by atoms with Gasteiger partial charge in [0.25, 0.3) is 0 Å². The largest absolute Gasteiger partial charge is 0.317 e. The smallest absolute Gasteiger partial charge is 0.00464 e. The van der Waals surface area contributed by atoms with Crippen molar-refractivity contribution in [3.63, 3.8) is 0 Å². The van der Waals surface area contributed by atoms with Crippen molar-refractivity contribution < 1.29 is 0 Å². The van der Waals surface area contributed by atoms with E-state index in [1.807, 2.05) is 0 Å². The molecule has 0 aliphatic rings. The normalized spacial score (nSPS) is 12.9. The third kappa shape index (κ3) is 13.9. The minimum atomic E-state index is 0.890. The summed E-state index contributed by atoms with van der Waals surface area (Å²) in [6.07, 6.45) is 14.0. The lowest BCUT2D eigenvalue weighted by molar-refractivity contribution is 0.479. The van der Waals surface area contributed by atoms with Gasteiger partial charge in [0.1, 0.15) is 0 Å². The lowest BCUT2D eigenvalue weighted by atomic mass is 10.1. The van der Waals surface area contributed by atoms with E-state index in [2.05, 4.69) is 26.1 Å². The summed E-state index contributed by atoms with van der Waals surface area (Å²) in [5.74, 6) is 0.890. The van der Waals surface area contributed by atoms with Crippen molar-refractivity contribution in [1.29, 1.82) is 0 Å². The van der Waals surface area contributed by atoms with E-state index in [4.69, 9.17) is 0 Å². The number of unbranched alkanes of at least 4 members (excludes halogenated alkanes) is 7. The maximum Gasteiger partial charge on any atom is -0.00464 e. The van der Waals surface area contributed by atoms with Crippen molar-refractivity contribution in [3.05, 3.63) is 0 Å². The highest BCUT2D eigenvalue weighted by Crippen LogP contribution is 2.08. The Bertz CT molecular complexity index is 133. The van der Waals surface area contributed by atoms with E-state index in [0.717, 1.165) is 5.92 Å². The van der Waals surface area contributed by atoms with Crippen molar-refractivity contribution in [1.82, 2.24) is 5.32 Å². The fourth-order valence-electron chi connectivity index (χ4n) is 2.06. The van der Waals surface area contributed by atoms with Crippen LogP contribution in [0.15, 0.2) is 0 Å². The highest BCUT2D eigenvalue weighted by molar-refractivity contribution is 4.54. The molecule has 0 spiro atoms. The van der Waals surface area contributed by atoms with Crippen LogP contribution in [0, 0.1) is 5.92 Å². The first-order chi connectivity index (χ1) is 8.31. The summed E-state index contributed by atoms with van der Waals surface area (Å²) in [6.45, 7) is 9.35. The van der Waals surface area contributed by atoms with E-state index in [-0.39, 0.29) is 0 Å². The topological polar surface area (TPSA) is 12.0 Å². The molecule has 1 unspecified atom stereocenters. The lowest BCUT2D eigenvalue weighted by Gasteiger charge is -2.09. The van der Waals surface area contributed by atoms with Gasteiger partial charge in [-0.25, -0.2) is 0 Å². The van der Waals surface area contributed by atoms with Gasteiger partial charge in [0.15, 0.2) is 0 Å². The van der Waals surface area contributed by atoms with Gasteiger partial charge >= 0.3 is 0 Å². The maximum atomic E-state index is 3.56. The second-order valence-electron chi connectivity index (χ2n) is 5.53. The molecule has 0 saturated carbocycles. The summed E-state index contributed by atoms with van der Waals surface area (Å²) in [7, 11) is 0. The highest BCUT2D eigenvalue weighted by atomic mass is 14.8. The van der Waals surface area contributed by atoms with Gasteiger partial charge in [-0.1, -0.05) is 72.1 Å². The predicted octanol–water partition coefficient (Wildman–Crippen LogP) is 5.15. The second kappa shape index (κ2) is 14.0. The molecule has 0 radical (unpaired) electrons. The summed E-state index contributed by atoms with van der Waals surface area (Å²) >= 11 is 0. The Hall–Kier alpha value is -0.0400. The molecule has 0 bridgehead atoms. The minimum absolute atomic E-state index is 0.890. The fraction of sp³-hybridized carbons (Fsp3) is 1.00. The Morgan fingerprint density at radius 3 is 1.94 bits per heavy atom. The van der Waals surface area contributed by atoms with Crippen molar-refractivity contribution in [2.24, 2.45) is 5.92 Å². The first-order valence-electron chi connectivity index (χ1n) is 8.02. The minimum Gasteiger partial charge on any atom is -0.317 e. The third-order valence-electron chi connectivity index (χ3n) is 3.72. The highest BCUT2D eigenvalue weighted by Gasteiger charge is 1.97. The monoisotopic (exact) mass is 241 g/mol. The Morgan fingerprint density at radius 1 is 0.765 bits per heavy atom. The molecular weight excluding hydrogens is 206 g/mol. The SMILES string of the molecule is CCCCCCCCCCNCCC(C)CC. The zero-order valence-corrected chi connectivity index (χ0v) is 12.6. The molecule has 1 nitrogen and oxygen atoms in total. The van der Waals surface area contributed by atoms with Crippen LogP contribution in [0.2, 0.25) is 0 Å². The average Bonchev–Trinajstić information content (AvgIpc) is 2.35. The molecule has 0 saturated heterocycles. The molecule has 0 aromatic heterocycles. The molecule has 104 valence electrons. The van der Waals surface area contributed by atoms with Gasteiger partial charge in [-0.2, -0.15) is 0 Å². The van der Waals surface area contributed by atoms with Gasteiger partial charge in [-0.3, -0.25) is 0 Å². The third-order valence-corrected chi connectivity index (χ3v) is 3.72. The van der Waals surface area contributed by atoms with Crippen LogP contribution >= 0.6 is 0 Å². The number of nitrogens with one attached hydrogen (secondary N) is 1. The summed E-state index contributed by atoms with van der Waals surface area (Å²) in [5.41, 5.74) is 0. The van der Waals surface area contributed by atoms with Crippen LogP contribution in [0.1, 0.15) is 85.0 Å². The quantitative estimate of drug-likeness (QED) is 0.440. The number of hydrogen-bond donors (Lipinski definition) is 1. The van der Waals surface area contributed by atoms with E-state index in [1.54, 1.807) is 0 Å². The summed E-state index contributed by atoms with van der Waals surface area (Å²) in [4.78, 5) is 0. The zero-order chi connectivity index (χ0) is 12.8. The maximum absolute atomic E-state index is 3.56. The Labute approximate surface area is 110 Å². The van der Waals surface area contributed by atoms with Gasteiger partial charge in [0.05, 0.1) is 0 Å². The van der Waals surface area contributed by atoms with E-state index in [1.165, 1.54) is 77.3 Å². The molecule has 0 aliphatic heterocycles. The van der Waals surface area contributed by atoms with Crippen LogP contribution in [-0.2, 0) is 0 Å². The van der Waals surface area contributed by atoms with Crippen molar-refractivity contribution >= 4 is 0 Å². The van der Waals surface area contributed by atoms with Crippen LogP contribution in [0.4, 0.5) is 0 Å². The molecular formula is C16H35N. The lowest BCUT2D eigenvalue weighted by Crippen LogP contribution is -2.18. The molecule has 1 N–H and O–H groups in total. The van der Waals surface area contributed by atoms with Gasteiger partial charge < -0.3 is 5.32 Å². The van der Waals surface area contributed by atoms with E-state index in [9.17, 15) is 0 Å². The number of rotatable bonds is 13. The first-order valence-corrected chi connectivity index (χ1v) is 8.02. The van der Waals surface area contributed by atoms with Crippen LogP contribution < -0.4 is 5.32 Å². The predicted molar refractivity (Wildman–Crippen MR) is 79.6 cm³/mol. The Morgan fingerprint density at radius 2 is 1.35 bits per heavy atom. The molecule has 1 heteroatoms. The summed E-state index contributed by atoms with van der Waals surface area (Å²) < 4.78 is 0. The number of hydrogen-bond acceptors (Lipinski definition) is 1. The molecule has 0 amide bonds. The first kappa shape index (κ1) is 17.0.